The highest BCUT2D eigenvalue weighted by Crippen LogP contribution is 2.37. The Bertz CT molecular complexity index is 230. The maximum atomic E-state index is 12.8. The predicted octanol–water partition coefficient (Wildman–Crippen LogP) is 4.13. The lowest BCUT2D eigenvalue weighted by atomic mass is 9.83. The number of halogens is 3. The minimum atomic E-state index is -4.04. The maximum absolute atomic E-state index is 12.8. The third-order valence-electron chi connectivity index (χ3n) is 3.47. The van der Waals surface area contributed by atoms with Crippen LogP contribution < -0.4 is 5.32 Å². The Balaban J connectivity index is 2.44. The Kier molecular flexibility index (Phi) is 4.87. The Hall–Kier alpha value is -0.250. The fourth-order valence-corrected chi connectivity index (χ4v) is 2.40. The third kappa shape index (κ3) is 5.28. The second-order valence-corrected chi connectivity index (χ2v) is 6.30. The second-order valence-electron chi connectivity index (χ2n) is 6.30. The van der Waals surface area contributed by atoms with E-state index in [9.17, 15) is 13.2 Å². The molecule has 1 N–H and O–H groups in total. The second kappa shape index (κ2) is 5.59. The van der Waals surface area contributed by atoms with Crippen LogP contribution in [0.3, 0.4) is 0 Å². The molecule has 0 radical (unpaired) electrons. The summed E-state index contributed by atoms with van der Waals surface area (Å²) < 4.78 is 38.4. The summed E-state index contributed by atoms with van der Waals surface area (Å²) in [7, 11) is 0. The Labute approximate surface area is 102 Å². The first kappa shape index (κ1) is 14.8. The summed E-state index contributed by atoms with van der Waals surface area (Å²) in [5.41, 5.74) is 0.176. The van der Waals surface area contributed by atoms with Gasteiger partial charge in [-0.25, -0.2) is 0 Å². The first-order valence-electron chi connectivity index (χ1n) is 6.50. The van der Waals surface area contributed by atoms with E-state index < -0.39 is 12.1 Å². The molecule has 1 aliphatic carbocycles. The standard InChI is InChI=1S/C13H24F3N/c1-12(2,3)8-9-17-11-7-5-4-6-10(11)13(14,15)16/h10-11,17H,4-9H2,1-3H3. The van der Waals surface area contributed by atoms with Crippen molar-refractivity contribution < 1.29 is 13.2 Å². The van der Waals surface area contributed by atoms with Crippen molar-refractivity contribution >= 4 is 0 Å². The quantitative estimate of drug-likeness (QED) is 0.795. The van der Waals surface area contributed by atoms with Crippen LogP contribution >= 0.6 is 0 Å². The van der Waals surface area contributed by atoms with Crippen LogP contribution in [0.25, 0.3) is 0 Å². The number of nitrogens with one attached hydrogen (secondary N) is 1. The van der Waals surface area contributed by atoms with Crippen molar-refractivity contribution in [2.45, 2.75) is 65.1 Å². The molecule has 0 heterocycles. The van der Waals surface area contributed by atoms with E-state index in [0.717, 1.165) is 12.8 Å². The zero-order chi connectivity index (χ0) is 13.1. The molecule has 2 unspecified atom stereocenters. The van der Waals surface area contributed by atoms with Gasteiger partial charge in [-0.15, -0.1) is 0 Å². The molecule has 0 aliphatic heterocycles. The van der Waals surface area contributed by atoms with E-state index in [0.29, 0.717) is 19.4 Å². The molecule has 0 amide bonds. The number of hydrogen-bond donors (Lipinski definition) is 1. The van der Waals surface area contributed by atoms with Gasteiger partial charge in [0.15, 0.2) is 0 Å². The SMILES string of the molecule is CC(C)(C)CCNC1CCCCC1C(F)(F)F. The Morgan fingerprint density at radius 1 is 1.06 bits per heavy atom. The van der Waals surface area contributed by atoms with Crippen LogP contribution in [-0.4, -0.2) is 18.8 Å². The van der Waals surface area contributed by atoms with Gasteiger partial charge in [0.1, 0.15) is 0 Å². The van der Waals surface area contributed by atoms with Gasteiger partial charge in [0.2, 0.25) is 0 Å². The van der Waals surface area contributed by atoms with E-state index in [-0.39, 0.29) is 17.9 Å². The van der Waals surface area contributed by atoms with Crippen LogP contribution in [-0.2, 0) is 0 Å². The molecule has 0 aromatic heterocycles. The summed E-state index contributed by atoms with van der Waals surface area (Å²) >= 11 is 0. The highest BCUT2D eigenvalue weighted by atomic mass is 19.4. The van der Waals surface area contributed by atoms with Crippen molar-refractivity contribution in [3.63, 3.8) is 0 Å². The van der Waals surface area contributed by atoms with Crippen molar-refractivity contribution in [2.75, 3.05) is 6.54 Å². The summed E-state index contributed by atoms with van der Waals surface area (Å²) in [4.78, 5) is 0. The topological polar surface area (TPSA) is 12.0 Å². The molecule has 0 aromatic carbocycles. The van der Waals surface area contributed by atoms with E-state index in [1.165, 1.54) is 0 Å². The van der Waals surface area contributed by atoms with Crippen molar-refractivity contribution in [1.29, 1.82) is 0 Å². The molecular weight excluding hydrogens is 227 g/mol. The average molecular weight is 251 g/mol. The summed E-state index contributed by atoms with van der Waals surface area (Å²) in [5.74, 6) is -1.14. The molecule has 0 aromatic rings. The zero-order valence-corrected chi connectivity index (χ0v) is 11.0. The molecule has 4 heteroatoms. The molecule has 102 valence electrons. The molecule has 1 fully saturated rings. The molecule has 1 rings (SSSR count). The number of alkyl halides is 3. The number of rotatable bonds is 3. The zero-order valence-electron chi connectivity index (χ0n) is 11.0. The van der Waals surface area contributed by atoms with Gasteiger partial charge in [0.25, 0.3) is 0 Å². The van der Waals surface area contributed by atoms with Gasteiger partial charge in [-0.05, 0) is 31.2 Å². The molecule has 0 spiro atoms. The molecule has 0 saturated heterocycles. The van der Waals surface area contributed by atoms with Crippen molar-refractivity contribution in [1.82, 2.24) is 5.32 Å². The summed E-state index contributed by atoms with van der Waals surface area (Å²) in [6.45, 7) is 7.01. The molecule has 17 heavy (non-hydrogen) atoms. The van der Waals surface area contributed by atoms with E-state index in [2.05, 4.69) is 26.1 Å². The minimum absolute atomic E-state index is 0.176. The normalized spacial score (nSPS) is 27.2. The van der Waals surface area contributed by atoms with Gasteiger partial charge in [-0.3, -0.25) is 0 Å². The van der Waals surface area contributed by atoms with Crippen molar-refractivity contribution in [3.8, 4) is 0 Å². The molecule has 1 aliphatic rings. The highest BCUT2D eigenvalue weighted by molar-refractivity contribution is 4.85. The fourth-order valence-electron chi connectivity index (χ4n) is 2.40. The monoisotopic (exact) mass is 251 g/mol. The maximum Gasteiger partial charge on any atom is 0.393 e. The first-order chi connectivity index (χ1) is 7.70. The van der Waals surface area contributed by atoms with Gasteiger partial charge in [0.05, 0.1) is 5.92 Å². The molecule has 1 saturated carbocycles. The van der Waals surface area contributed by atoms with Gasteiger partial charge in [-0.2, -0.15) is 13.2 Å². The van der Waals surface area contributed by atoms with Crippen LogP contribution in [0.5, 0.6) is 0 Å². The largest absolute Gasteiger partial charge is 0.393 e. The number of hydrogen-bond acceptors (Lipinski definition) is 1. The highest BCUT2D eigenvalue weighted by Gasteiger charge is 2.45. The molecule has 1 nitrogen and oxygen atoms in total. The lowest BCUT2D eigenvalue weighted by Gasteiger charge is -2.34. The molecule has 0 bridgehead atoms. The summed E-state index contributed by atoms with van der Waals surface area (Å²) in [5, 5.41) is 3.11. The van der Waals surface area contributed by atoms with E-state index >= 15 is 0 Å². The van der Waals surface area contributed by atoms with Crippen LogP contribution in [0, 0.1) is 11.3 Å². The summed E-state index contributed by atoms with van der Waals surface area (Å²) in [6.07, 6.45) is -0.555. The fraction of sp³-hybridized carbons (Fsp3) is 1.00. The lowest BCUT2D eigenvalue weighted by molar-refractivity contribution is -0.188. The van der Waals surface area contributed by atoms with Crippen LogP contribution in [0.1, 0.15) is 52.9 Å². The van der Waals surface area contributed by atoms with E-state index in [1.807, 2.05) is 0 Å². The molecular formula is C13H24F3N. The van der Waals surface area contributed by atoms with Crippen molar-refractivity contribution in [2.24, 2.45) is 11.3 Å². The summed E-state index contributed by atoms with van der Waals surface area (Å²) in [6, 6.07) is -0.369. The van der Waals surface area contributed by atoms with Gasteiger partial charge >= 0.3 is 6.18 Å². The van der Waals surface area contributed by atoms with Crippen LogP contribution in [0.15, 0.2) is 0 Å². The van der Waals surface area contributed by atoms with Gasteiger partial charge < -0.3 is 5.32 Å². The lowest BCUT2D eigenvalue weighted by Crippen LogP contribution is -2.46. The first-order valence-corrected chi connectivity index (χ1v) is 6.50. The minimum Gasteiger partial charge on any atom is -0.313 e. The predicted molar refractivity (Wildman–Crippen MR) is 63.9 cm³/mol. The van der Waals surface area contributed by atoms with Crippen LogP contribution in [0.2, 0.25) is 0 Å². The van der Waals surface area contributed by atoms with E-state index in [1.54, 1.807) is 0 Å². The average Bonchev–Trinajstić information content (AvgIpc) is 2.15. The van der Waals surface area contributed by atoms with Gasteiger partial charge in [0, 0.05) is 6.04 Å². The smallest absolute Gasteiger partial charge is 0.313 e. The third-order valence-corrected chi connectivity index (χ3v) is 3.47. The van der Waals surface area contributed by atoms with Crippen molar-refractivity contribution in [3.05, 3.63) is 0 Å². The Morgan fingerprint density at radius 3 is 2.18 bits per heavy atom. The van der Waals surface area contributed by atoms with E-state index in [4.69, 9.17) is 0 Å². The molecule has 2 atom stereocenters. The van der Waals surface area contributed by atoms with Gasteiger partial charge in [-0.1, -0.05) is 33.6 Å². The Morgan fingerprint density at radius 2 is 1.65 bits per heavy atom. The van der Waals surface area contributed by atoms with Crippen LogP contribution in [0.4, 0.5) is 13.2 Å².